The Morgan fingerprint density at radius 3 is 2.25 bits per heavy atom. The summed E-state index contributed by atoms with van der Waals surface area (Å²) in [6.45, 7) is 0. The summed E-state index contributed by atoms with van der Waals surface area (Å²) in [7, 11) is 0. The molecule has 0 unspecified atom stereocenters. The van der Waals surface area contributed by atoms with Crippen molar-refractivity contribution in [2.75, 3.05) is 0 Å². The molecule has 3 N–H and O–H groups in total. The summed E-state index contributed by atoms with van der Waals surface area (Å²) in [5, 5.41) is 9.04. The molecule has 1 saturated carbocycles. The minimum absolute atomic E-state index is 0.0388. The molecule has 0 saturated heterocycles. The Hall–Kier alpha value is 0.650. The normalized spacial score (nSPS) is 47.6. The van der Waals surface area contributed by atoms with Gasteiger partial charge in [-0.05, 0) is 12.8 Å². The average Bonchev–Trinajstić information content (AvgIpc) is 1.85. The van der Waals surface area contributed by atoms with E-state index in [9.17, 15) is 0 Å². The number of hydrogen-bond donors (Lipinski definition) is 2. The van der Waals surface area contributed by atoms with E-state index in [0.29, 0.717) is 3.92 Å². The maximum Gasteiger partial charge on any atom is 0.0701 e. The molecule has 1 aliphatic rings. The van der Waals surface area contributed by atoms with Gasteiger partial charge < -0.3 is 10.8 Å². The molecule has 0 aromatic heterocycles. The van der Waals surface area contributed by atoms with Gasteiger partial charge in [-0.15, -0.1) is 0 Å². The highest BCUT2D eigenvalue weighted by atomic mass is 127. The van der Waals surface area contributed by atoms with Crippen LogP contribution in [-0.4, -0.2) is 21.2 Å². The largest absolute Gasteiger partial charge is 0.391 e. The van der Waals surface area contributed by atoms with Crippen LogP contribution in [-0.2, 0) is 0 Å². The zero-order chi connectivity index (χ0) is 6.15. The number of halogens is 1. The fourth-order valence-corrected chi connectivity index (χ4v) is 2.09. The van der Waals surface area contributed by atoms with Crippen molar-refractivity contribution in [3.05, 3.63) is 0 Å². The fourth-order valence-electron chi connectivity index (χ4n) is 0.985. The molecule has 3 heteroatoms. The summed E-state index contributed by atoms with van der Waals surface area (Å²) in [5.74, 6) is 0. The lowest BCUT2D eigenvalue weighted by molar-refractivity contribution is 0.166. The van der Waals surface area contributed by atoms with Gasteiger partial charge in [-0.2, -0.15) is 0 Å². The summed E-state index contributed by atoms with van der Waals surface area (Å²) < 4.78 is 0.595. The molecule has 8 heavy (non-hydrogen) atoms. The van der Waals surface area contributed by atoms with E-state index in [1.165, 1.54) is 0 Å². The average molecular weight is 227 g/mol. The Morgan fingerprint density at radius 1 is 1.50 bits per heavy atom. The zero-order valence-corrected chi connectivity index (χ0v) is 6.71. The van der Waals surface area contributed by atoms with Crippen molar-refractivity contribution >= 4 is 22.6 Å². The van der Waals surface area contributed by atoms with Crippen LogP contribution in [0.25, 0.3) is 0 Å². The monoisotopic (exact) mass is 227 g/mol. The predicted octanol–water partition coefficient (Wildman–Crippen LogP) is 0.272. The van der Waals surface area contributed by atoms with Gasteiger partial charge in [0.1, 0.15) is 0 Å². The van der Waals surface area contributed by atoms with Crippen molar-refractivity contribution in [3.63, 3.8) is 0 Å². The molecule has 0 amide bonds. The minimum Gasteiger partial charge on any atom is -0.391 e. The minimum atomic E-state index is -0.239. The first kappa shape index (κ1) is 6.77. The van der Waals surface area contributed by atoms with Crippen LogP contribution in [0, 0.1) is 0 Å². The van der Waals surface area contributed by atoms with Gasteiger partial charge in [0.15, 0.2) is 0 Å². The van der Waals surface area contributed by atoms with Crippen molar-refractivity contribution in [3.8, 4) is 0 Å². The SMILES string of the molecule is N[C@@H]1C[C@@H](I)C[C@@H]1O. The second-order valence-electron chi connectivity index (χ2n) is 2.30. The molecule has 0 aromatic rings. The summed E-state index contributed by atoms with van der Waals surface area (Å²) >= 11 is 2.32. The van der Waals surface area contributed by atoms with Crippen LogP contribution in [0.3, 0.4) is 0 Å². The van der Waals surface area contributed by atoms with Crippen LogP contribution < -0.4 is 5.73 Å². The molecule has 0 aliphatic heterocycles. The van der Waals surface area contributed by atoms with Gasteiger partial charge in [0.05, 0.1) is 6.10 Å². The molecule has 48 valence electrons. The quantitative estimate of drug-likeness (QED) is 0.461. The second kappa shape index (κ2) is 2.49. The topological polar surface area (TPSA) is 46.2 Å². The van der Waals surface area contributed by atoms with Gasteiger partial charge in [0, 0.05) is 9.97 Å². The first-order valence-electron chi connectivity index (χ1n) is 2.78. The van der Waals surface area contributed by atoms with Crippen LogP contribution in [0.15, 0.2) is 0 Å². The Morgan fingerprint density at radius 2 is 2.12 bits per heavy atom. The van der Waals surface area contributed by atoms with Crippen LogP contribution in [0.5, 0.6) is 0 Å². The fraction of sp³-hybridized carbons (Fsp3) is 1.00. The highest BCUT2D eigenvalue weighted by Gasteiger charge is 2.27. The standard InChI is InChI=1S/C5H10INO/c6-3-1-4(7)5(8)2-3/h3-5,8H,1-2,7H2/t3-,4-,5+/m1/s1. The Kier molecular flexibility index (Phi) is 2.11. The molecule has 1 aliphatic carbocycles. The summed E-state index contributed by atoms with van der Waals surface area (Å²) in [5.41, 5.74) is 5.51. The number of hydrogen-bond acceptors (Lipinski definition) is 2. The molecule has 1 fully saturated rings. The third kappa shape index (κ3) is 1.33. The third-order valence-corrected chi connectivity index (χ3v) is 2.54. The molecule has 0 bridgehead atoms. The predicted molar refractivity (Wildman–Crippen MR) is 41.0 cm³/mol. The van der Waals surface area contributed by atoms with E-state index >= 15 is 0 Å². The summed E-state index contributed by atoms with van der Waals surface area (Å²) in [6, 6.07) is 0.0388. The Labute approximate surface area is 62.6 Å². The smallest absolute Gasteiger partial charge is 0.0701 e. The van der Waals surface area contributed by atoms with Gasteiger partial charge in [0.2, 0.25) is 0 Å². The van der Waals surface area contributed by atoms with Gasteiger partial charge in [-0.1, -0.05) is 22.6 Å². The lowest BCUT2D eigenvalue weighted by atomic mass is 10.2. The third-order valence-electron chi connectivity index (χ3n) is 1.52. The summed E-state index contributed by atoms with van der Waals surface area (Å²) in [6.07, 6.45) is 1.61. The number of aliphatic hydroxyl groups excluding tert-OH is 1. The molecular formula is C5H10INO. The van der Waals surface area contributed by atoms with E-state index < -0.39 is 0 Å². The second-order valence-corrected chi connectivity index (χ2v) is 4.06. The lowest BCUT2D eigenvalue weighted by Gasteiger charge is -2.04. The summed E-state index contributed by atoms with van der Waals surface area (Å²) in [4.78, 5) is 0. The van der Waals surface area contributed by atoms with Crippen LogP contribution in [0.2, 0.25) is 0 Å². The van der Waals surface area contributed by atoms with Crippen molar-refractivity contribution in [1.29, 1.82) is 0 Å². The molecule has 0 radical (unpaired) electrons. The van der Waals surface area contributed by atoms with E-state index in [4.69, 9.17) is 10.8 Å². The maximum atomic E-state index is 9.04. The maximum absolute atomic E-state index is 9.04. The number of alkyl halides is 1. The van der Waals surface area contributed by atoms with E-state index in [2.05, 4.69) is 22.6 Å². The van der Waals surface area contributed by atoms with Crippen LogP contribution >= 0.6 is 22.6 Å². The highest BCUT2D eigenvalue weighted by Crippen LogP contribution is 2.24. The molecule has 2 nitrogen and oxygen atoms in total. The van der Waals surface area contributed by atoms with Gasteiger partial charge >= 0.3 is 0 Å². The van der Waals surface area contributed by atoms with Crippen molar-refractivity contribution in [2.24, 2.45) is 5.73 Å². The van der Waals surface area contributed by atoms with Crippen molar-refractivity contribution < 1.29 is 5.11 Å². The lowest BCUT2D eigenvalue weighted by Crippen LogP contribution is -2.28. The number of nitrogens with two attached hydrogens (primary N) is 1. The number of aliphatic hydroxyl groups is 1. The molecule has 1 rings (SSSR count). The Balaban J connectivity index is 2.39. The first-order valence-corrected chi connectivity index (χ1v) is 4.02. The van der Waals surface area contributed by atoms with E-state index in [0.717, 1.165) is 12.8 Å². The molecule has 0 heterocycles. The van der Waals surface area contributed by atoms with E-state index in [-0.39, 0.29) is 12.1 Å². The molecular weight excluding hydrogens is 217 g/mol. The Bertz CT molecular complexity index is 78.5. The number of rotatable bonds is 0. The molecule has 0 aromatic carbocycles. The van der Waals surface area contributed by atoms with Gasteiger partial charge in [0.25, 0.3) is 0 Å². The van der Waals surface area contributed by atoms with Gasteiger partial charge in [-0.25, -0.2) is 0 Å². The first-order chi connectivity index (χ1) is 3.70. The van der Waals surface area contributed by atoms with Crippen molar-refractivity contribution in [2.45, 2.75) is 28.9 Å². The van der Waals surface area contributed by atoms with Crippen molar-refractivity contribution in [1.82, 2.24) is 0 Å². The molecule has 0 spiro atoms. The van der Waals surface area contributed by atoms with Crippen LogP contribution in [0.4, 0.5) is 0 Å². The zero-order valence-electron chi connectivity index (χ0n) is 4.55. The molecule has 3 atom stereocenters. The van der Waals surface area contributed by atoms with E-state index in [1.54, 1.807) is 0 Å². The van der Waals surface area contributed by atoms with Gasteiger partial charge in [-0.3, -0.25) is 0 Å². The van der Waals surface area contributed by atoms with E-state index in [1.807, 2.05) is 0 Å². The highest BCUT2D eigenvalue weighted by molar-refractivity contribution is 14.1. The van der Waals surface area contributed by atoms with Crippen LogP contribution in [0.1, 0.15) is 12.8 Å².